The van der Waals surface area contributed by atoms with Gasteiger partial charge in [0.25, 0.3) is 0 Å². The number of phenols is 2. The van der Waals surface area contributed by atoms with Crippen molar-refractivity contribution >= 4 is 0 Å². The third kappa shape index (κ3) is 6.12. The Bertz CT molecular complexity index is 311. The van der Waals surface area contributed by atoms with Crippen LogP contribution in [-0.4, -0.2) is 10.2 Å². The molecular weight excluding hydrogens is 190 g/mol. The van der Waals surface area contributed by atoms with Crippen LogP contribution >= 0.6 is 0 Å². The molecule has 0 spiro atoms. The Balaban J connectivity index is 0.000000245. The molecule has 2 aromatic carbocycles. The third-order valence-electron chi connectivity index (χ3n) is 1.51. The lowest BCUT2D eigenvalue weighted by Gasteiger charge is -1.82. The Kier molecular flexibility index (Phi) is 6.42. The van der Waals surface area contributed by atoms with Gasteiger partial charge in [-0.1, -0.05) is 36.4 Å². The van der Waals surface area contributed by atoms with Crippen molar-refractivity contribution in [2.75, 3.05) is 0 Å². The summed E-state index contributed by atoms with van der Waals surface area (Å²) in [6.45, 7) is 0. The van der Waals surface area contributed by atoms with Crippen LogP contribution < -0.4 is 6.15 Å². The fourth-order valence-electron chi connectivity index (χ4n) is 0.856. The van der Waals surface area contributed by atoms with E-state index in [2.05, 4.69) is 0 Å². The molecule has 15 heavy (non-hydrogen) atoms. The fourth-order valence-corrected chi connectivity index (χ4v) is 0.856. The summed E-state index contributed by atoms with van der Waals surface area (Å²) >= 11 is 0. The molecular formula is C12H15NO2. The summed E-state index contributed by atoms with van der Waals surface area (Å²) in [6, 6.07) is 17.4. The fraction of sp³-hybridized carbons (Fsp3) is 0. The Morgan fingerprint density at radius 3 is 0.933 bits per heavy atom. The average molecular weight is 205 g/mol. The molecule has 0 unspecified atom stereocenters. The standard InChI is InChI=1S/2C6H6O.H3N/c2*7-6-4-2-1-3-5-6;/h2*1-5,7H;1H3. The normalized spacial score (nSPS) is 8.00. The largest absolute Gasteiger partial charge is 0.508 e. The van der Waals surface area contributed by atoms with Crippen LogP contribution in [0.3, 0.4) is 0 Å². The van der Waals surface area contributed by atoms with Crippen molar-refractivity contribution in [3.8, 4) is 11.5 Å². The SMILES string of the molecule is N.Oc1ccccc1.Oc1ccccc1. The molecule has 3 nitrogen and oxygen atoms in total. The predicted octanol–water partition coefficient (Wildman–Crippen LogP) is 2.95. The molecule has 3 heteroatoms. The lowest BCUT2D eigenvalue weighted by atomic mass is 10.3. The van der Waals surface area contributed by atoms with Gasteiger partial charge >= 0.3 is 0 Å². The predicted molar refractivity (Wildman–Crippen MR) is 61.2 cm³/mol. The number of aromatic hydroxyl groups is 2. The molecule has 0 heterocycles. The molecule has 0 fully saturated rings. The maximum absolute atomic E-state index is 8.63. The molecule has 80 valence electrons. The van der Waals surface area contributed by atoms with Gasteiger partial charge in [-0.05, 0) is 24.3 Å². The topological polar surface area (TPSA) is 75.5 Å². The summed E-state index contributed by atoms with van der Waals surface area (Å²) in [7, 11) is 0. The van der Waals surface area contributed by atoms with Crippen LogP contribution in [0.15, 0.2) is 60.7 Å². The second kappa shape index (κ2) is 7.41. The summed E-state index contributed by atoms with van der Waals surface area (Å²) < 4.78 is 0. The molecule has 5 N–H and O–H groups in total. The molecule has 0 radical (unpaired) electrons. The minimum Gasteiger partial charge on any atom is -0.508 e. The minimum absolute atomic E-state index is 0. The first-order valence-corrected chi connectivity index (χ1v) is 4.27. The van der Waals surface area contributed by atoms with E-state index in [9.17, 15) is 0 Å². The van der Waals surface area contributed by atoms with Crippen molar-refractivity contribution in [3.63, 3.8) is 0 Å². The van der Waals surface area contributed by atoms with Gasteiger partial charge in [-0.15, -0.1) is 0 Å². The average Bonchev–Trinajstić information content (AvgIpc) is 2.21. The number of benzene rings is 2. The smallest absolute Gasteiger partial charge is 0.115 e. The molecule has 2 aromatic rings. The van der Waals surface area contributed by atoms with Gasteiger partial charge in [-0.3, -0.25) is 0 Å². The Hall–Kier alpha value is -2.00. The van der Waals surface area contributed by atoms with E-state index in [1.807, 2.05) is 12.1 Å². The summed E-state index contributed by atoms with van der Waals surface area (Å²) in [6.07, 6.45) is 0. The Labute approximate surface area is 89.2 Å². The van der Waals surface area contributed by atoms with Crippen LogP contribution in [-0.2, 0) is 0 Å². The molecule has 2 rings (SSSR count). The van der Waals surface area contributed by atoms with Crippen molar-refractivity contribution in [1.82, 2.24) is 6.15 Å². The van der Waals surface area contributed by atoms with Crippen LogP contribution in [0.5, 0.6) is 11.5 Å². The number of hydrogen-bond donors (Lipinski definition) is 3. The number of rotatable bonds is 0. The molecule has 0 amide bonds. The van der Waals surface area contributed by atoms with Crippen molar-refractivity contribution in [2.24, 2.45) is 0 Å². The van der Waals surface area contributed by atoms with E-state index >= 15 is 0 Å². The monoisotopic (exact) mass is 205 g/mol. The highest BCUT2D eigenvalue weighted by atomic mass is 16.3. The highest BCUT2D eigenvalue weighted by molar-refractivity contribution is 5.19. The van der Waals surface area contributed by atoms with E-state index in [-0.39, 0.29) is 6.15 Å². The maximum atomic E-state index is 8.63. The van der Waals surface area contributed by atoms with Crippen LogP contribution in [0.25, 0.3) is 0 Å². The van der Waals surface area contributed by atoms with Crippen molar-refractivity contribution in [3.05, 3.63) is 60.7 Å². The van der Waals surface area contributed by atoms with Crippen LogP contribution in [0.2, 0.25) is 0 Å². The third-order valence-corrected chi connectivity index (χ3v) is 1.51. The molecule has 0 atom stereocenters. The van der Waals surface area contributed by atoms with Gasteiger partial charge in [0, 0.05) is 0 Å². The van der Waals surface area contributed by atoms with Gasteiger partial charge in [0.05, 0.1) is 0 Å². The highest BCUT2D eigenvalue weighted by Crippen LogP contribution is 2.03. The van der Waals surface area contributed by atoms with Crippen molar-refractivity contribution in [1.29, 1.82) is 0 Å². The maximum Gasteiger partial charge on any atom is 0.115 e. The molecule has 0 aliphatic heterocycles. The Morgan fingerprint density at radius 1 is 0.533 bits per heavy atom. The van der Waals surface area contributed by atoms with E-state index < -0.39 is 0 Å². The van der Waals surface area contributed by atoms with E-state index in [0.717, 1.165) is 0 Å². The quantitative estimate of drug-likeness (QED) is 0.619. The van der Waals surface area contributed by atoms with Crippen LogP contribution in [0.4, 0.5) is 0 Å². The van der Waals surface area contributed by atoms with Gasteiger partial charge in [0.1, 0.15) is 11.5 Å². The zero-order valence-corrected chi connectivity index (χ0v) is 8.38. The van der Waals surface area contributed by atoms with Gasteiger partial charge in [0.2, 0.25) is 0 Å². The summed E-state index contributed by atoms with van der Waals surface area (Å²) in [5, 5.41) is 17.3. The first-order chi connectivity index (χ1) is 6.79. The van der Waals surface area contributed by atoms with Gasteiger partial charge in [-0.25, -0.2) is 0 Å². The molecule has 0 aliphatic carbocycles. The van der Waals surface area contributed by atoms with Crippen molar-refractivity contribution < 1.29 is 10.2 Å². The summed E-state index contributed by atoms with van der Waals surface area (Å²) in [4.78, 5) is 0. The van der Waals surface area contributed by atoms with E-state index in [1.165, 1.54) is 0 Å². The molecule has 0 saturated carbocycles. The second-order valence-electron chi connectivity index (χ2n) is 2.67. The molecule has 0 aliphatic rings. The minimum atomic E-state index is 0. The van der Waals surface area contributed by atoms with Crippen molar-refractivity contribution in [2.45, 2.75) is 0 Å². The number of para-hydroxylation sites is 2. The lowest BCUT2D eigenvalue weighted by Crippen LogP contribution is -1.56. The zero-order chi connectivity index (χ0) is 10.2. The summed E-state index contributed by atoms with van der Waals surface area (Å²) in [5.41, 5.74) is 0. The van der Waals surface area contributed by atoms with E-state index in [0.29, 0.717) is 11.5 Å². The first kappa shape index (κ1) is 13.0. The number of phenolic OH excluding ortho intramolecular Hbond substituents is 2. The molecule has 0 bridgehead atoms. The molecule has 0 aromatic heterocycles. The van der Waals surface area contributed by atoms with E-state index in [4.69, 9.17) is 10.2 Å². The van der Waals surface area contributed by atoms with Gasteiger partial charge in [0.15, 0.2) is 0 Å². The zero-order valence-electron chi connectivity index (χ0n) is 8.38. The van der Waals surface area contributed by atoms with Gasteiger partial charge < -0.3 is 16.4 Å². The lowest BCUT2D eigenvalue weighted by molar-refractivity contribution is 0.475. The summed E-state index contributed by atoms with van der Waals surface area (Å²) in [5.74, 6) is 0.644. The second-order valence-corrected chi connectivity index (χ2v) is 2.67. The van der Waals surface area contributed by atoms with Gasteiger partial charge in [-0.2, -0.15) is 0 Å². The van der Waals surface area contributed by atoms with E-state index in [1.54, 1.807) is 48.5 Å². The van der Waals surface area contributed by atoms with Crippen LogP contribution in [0.1, 0.15) is 0 Å². The van der Waals surface area contributed by atoms with Crippen LogP contribution in [0, 0.1) is 0 Å². The molecule has 0 saturated heterocycles. The Morgan fingerprint density at radius 2 is 0.800 bits per heavy atom. The highest BCUT2D eigenvalue weighted by Gasteiger charge is 1.75. The first-order valence-electron chi connectivity index (χ1n) is 4.27. The number of hydrogen-bond acceptors (Lipinski definition) is 3.